The highest BCUT2D eigenvalue weighted by atomic mass is 19.4. The molecule has 2 nitrogen and oxygen atoms in total. The Morgan fingerprint density at radius 2 is 1.85 bits per heavy atom. The molecule has 0 saturated heterocycles. The third-order valence-corrected chi connectivity index (χ3v) is 1.77. The van der Waals surface area contributed by atoms with Gasteiger partial charge >= 0.3 is 6.18 Å². The highest BCUT2D eigenvalue weighted by Gasteiger charge is 2.40. The van der Waals surface area contributed by atoms with E-state index in [1.54, 1.807) is 0 Å². The lowest BCUT2D eigenvalue weighted by molar-refractivity contribution is -0.187. The van der Waals surface area contributed by atoms with Crippen molar-refractivity contribution in [2.45, 2.75) is 26.4 Å². The Hall–Kier alpha value is -0.580. The van der Waals surface area contributed by atoms with Crippen LogP contribution in [0, 0.1) is 11.8 Å². The van der Waals surface area contributed by atoms with Crippen molar-refractivity contribution in [1.29, 1.82) is 0 Å². The number of carbonyl (C=O) groups excluding carboxylic acids is 1. The lowest BCUT2D eigenvalue weighted by Gasteiger charge is -2.17. The standard InChI is InChI=1S/C8H13F3O2/c1-5(2)7(13)3-6(4-12)8(9,10)11/h5-6,12H,3-4H2,1-2H3/t6-/m0/s1. The van der Waals surface area contributed by atoms with Crippen molar-refractivity contribution >= 4 is 5.78 Å². The van der Waals surface area contributed by atoms with E-state index in [9.17, 15) is 18.0 Å². The number of carbonyl (C=O) groups is 1. The van der Waals surface area contributed by atoms with Gasteiger partial charge in [0, 0.05) is 12.3 Å². The Labute approximate surface area is 74.7 Å². The van der Waals surface area contributed by atoms with Gasteiger partial charge in [0.25, 0.3) is 0 Å². The van der Waals surface area contributed by atoms with E-state index in [0.717, 1.165) is 0 Å². The Morgan fingerprint density at radius 3 is 2.08 bits per heavy atom. The van der Waals surface area contributed by atoms with Gasteiger partial charge in [-0.15, -0.1) is 0 Å². The van der Waals surface area contributed by atoms with Crippen LogP contribution in [-0.4, -0.2) is 23.7 Å². The molecule has 0 aliphatic rings. The first-order valence-corrected chi connectivity index (χ1v) is 3.99. The average Bonchev–Trinajstić information content (AvgIpc) is 1.96. The molecular formula is C8H13F3O2. The van der Waals surface area contributed by atoms with E-state index < -0.39 is 36.8 Å². The SMILES string of the molecule is CC(C)C(=O)C[C@@H](CO)C(F)(F)F. The summed E-state index contributed by atoms with van der Waals surface area (Å²) < 4.78 is 36.1. The first-order chi connectivity index (χ1) is 5.79. The largest absolute Gasteiger partial charge is 0.396 e. The van der Waals surface area contributed by atoms with Gasteiger partial charge in [-0.05, 0) is 0 Å². The zero-order valence-corrected chi connectivity index (χ0v) is 7.56. The van der Waals surface area contributed by atoms with Crippen molar-refractivity contribution in [3.05, 3.63) is 0 Å². The summed E-state index contributed by atoms with van der Waals surface area (Å²) >= 11 is 0. The van der Waals surface area contributed by atoms with Gasteiger partial charge in [-0.3, -0.25) is 4.79 Å². The summed E-state index contributed by atoms with van der Waals surface area (Å²) in [4.78, 5) is 10.9. The minimum atomic E-state index is -4.49. The normalized spacial score (nSPS) is 14.7. The molecule has 0 aliphatic heterocycles. The summed E-state index contributed by atoms with van der Waals surface area (Å²) in [6.07, 6.45) is -5.11. The highest BCUT2D eigenvalue weighted by Crippen LogP contribution is 2.29. The van der Waals surface area contributed by atoms with Crippen LogP contribution in [0.4, 0.5) is 13.2 Å². The van der Waals surface area contributed by atoms with Gasteiger partial charge in [-0.25, -0.2) is 0 Å². The molecule has 0 bridgehead atoms. The van der Waals surface area contributed by atoms with E-state index in [2.05, 4.69) is 0 Å². The van der Waals surface area contributed by atoms with Gasteiger partial charge < -0.3 is 5.11 Å². The Morgan fingerprint density at radius 1 is 1.38 bits per heavy atom. The monoisotopic (exact) mass is 198 g/mol. The van der Waals surface area contributed by atoms with Crippen molar-refractivity contribution in [3.8, 4) is 0 Å². The predicted molar refractivity (Wildman–Crippen MR) is 41.1 cm³/mol. The smallest absolute Gasteiger partial charge is 0.394 e. The molecule has 0 unspecified atom stereocenters. The average molecular weight is 198 g/mol. The zero-order valence-electron chi connectivity index (χ0n) is 7.56. The molecule has 0 rings (SSSR count). The summed E-state index contributed by atoms with van der Waals surface area (Å²) in [7, 11) is 0. The van der Waals surface area contributed by atoms with Crippen LogP contribution >= 0.6 is 0 Å². The highest BCUT2D eigenvalue weighted by molar-refractivity contribution is 5.80. The number of aliphatic hydroxyl groups is 1. The number of ketones is 1. The van der Waals surface area contributed by atoms with Crippen LogP contribution in [0.5, 0.6) is 0 Å². The van der Waals surface area contributed by atoms with Crippen LogP contribution in [0.25, 0.3) is 0 Å². The molecule has 1 N–H and O–H groups in total. The third-order valence-electron chi connectivity index (χ3n) is 1.77. The van der Waals surface area contributed by atoms with Crippen LogP contribution < -0.4 is 0 Å². The molecule has 0 spiro atoms. The van der Waals surface area contributed by atoms with Crippen LogP contribution in [0.15, 0.2) is 0 Å². The number of hydrogen-bond acceptors (Lipinski definition) is 2. The van der Waals surface area contributed by atoms with Crippen LogP contribution in [0.2, 0.25) is 0 Å². The minimum absolute atomic E-state index is 0.420. The molecule has 5 heteroatoms. The molecule has 0 aliphatic carbocycles. The second-order valence-corrected chi connectivity index (χ2v) is 3.25. The molecule has 0 fully saturated rings. The minimum Gasteiger partial charge on any atom is -0.396 e. The number of rotatable bonds is 4. The molecule has 1 atom stereocenters. The summed E-state index contributed by atoms with van der Waals surface area (Å²) in [5.74, 6) is -2.81. The molecule has 0 aromatic rings. The maximum Gasteiger partial charge on any atom is 0.394 e. The fourth-order valence-corrected chi connectivity index (χ4v) is 0.762. The van der Waals surface area contributed by atoms with E-state index in [1.165, 1.54) is 13.8 Å². The van der Waals surface area contributed by atoms with Gasteiger partial charge in [0.2, 0.25) is 0 Å². The number of hydrogen-bond donors (Lipinski definition) is 1. The lowest BCUT2D eigenvalue weighted by Crippen LogP contribution is -2.29. The van der Waals surface area contributed by atoms with Gasteiger partial charge in [-0.1, -0.05) is 13.8 Å². The summed E-state index contributed by atoms with van der Waals surface area (Å²) in [5, 5.41) is 8.42. The quantitative estimate of drug-likeness (QED) is 0.747. The summed E-state index contributed by atoms with van der Waals surface area (Å²) in [5.41, 5.74) is 0. The van der Waals surface area contributed by atoms with E-state index >= 15 is 0 Å². The summed E-state index contributed by atoms with van der Waals surface area (Å²) in [6, 6.07) is 0. The van der Waals surface area contributed by atoms with Crippen molar-refractivity contribution in [3.63, 3.8) is 0 Å². The second-order valence-electron chi connectivity index (χ2n) is 3.25. The van der Waals surface area contributed by atoms with E-state index in [4.69, 9.17) is 5.11 Å². The summed E-state index contributed by atoms with van der Waals surface area (Å²) in [6.45, 7) is 2.04. The van der Waals surface area contributed by atoms with Crippen molar-refractivity contribution in [2.75, 3.05) is 6.61 Å². The first kappa shape index (κ1) is 12.4. The van der Waals surface area contributed by atoms with Gasteiger partial charge in [0.15, 0.2) is 0 Å². The van der Waals surface area contributed by atoms with Crippen molar-refractivity contribution in [2.24, 2.45) is 11.8 Å². The predicted octanol–water partition coefficient (Wildman–Crippen LogP) is 1.77. The Kier molecular flexibility index (Phi) is 4.39. The molecule has 78 valence electrons. The molecular weight excluding hydrogens is 185 g/mol. The van der Waals surface area contributed by atoms with E-state index in [-0.39, 0.29) is 0 Å². The van der Waals surface area contributed by atoms with Gasteiger partial charge in [0.1, 0.15) is 5.78 Å². The molecule has 13 heavy (non-hydrogen) atoms. The van der Waals surface area contributed by atoms with Crippen LogP contribution in [0.3, 0.4) is 0 Å². The maximum atomic E-state index is 12.0. The fourth-order valence-electron chi connectivity index (χ4n) is 0.762. The zero-order chi connectivity index (χ0) is 10.6. The molecule has 0 aromatic heterocycles. The maximum absolute atomic E-state index is 12.0. The number of Topliss-reactive ketones (excluding diaryl/α,β-unsaturated/α-hetero) is 1. The topological polar surface area (TPSA) is 37.3 Å². The lowest BCUT2D eigenvalue weighted by atomic mass is 9.97. The molecule has 0 saturated carbocycles. The third kappa shape index (κ3) is 4.26. The van der Waals surface area contributed by atoms with Gasteiger partial charge in [-0.2, -0.15) is 13.2 Å². The number of aliphatic hydroxyl groups excluding tert-OH is 1. The van der Waals surface area contributed by atoms with Crippen LogP contribution in [0.1, 0.15) is 20.3 Å². The van der Waals surface area contributed by atoms with Crippen molar-refractivity contribution in [1.82, 2.24) is 0 Å². The number of alkyl halides is 3. The molecule has 0 amide bonds. The van der Waals surface area contributed by atoms with E-state index in [1.807, 2.05) is 0 Å². The van der Waals surface area contributed by atoms with E-state index in [0.29, 0.717) is 0 Å². The Balaban J connectivity index is 4.22. The fraction of sp³-hybridized carbons (Fsp3) is 0.875. The molecule has 0 heterocycles. The van der Waals surface area contributed by atoms with Crippen LogP contribution in [-0.2, 0) is 4.79 Å². The second kappa shape index (κ2) is 4.60. The van der Waals surface area contributed by atoms with Crippen molar-refractivity contribution < 1.29 is 23.1 Å². The first-order valence-electron chi connectivity index (χ1n) is 3.99. The van der Waals surface area contributed by atoms with Gasteiger partial charge in [0.05, 0.1) is 12.5 Å². The molecule has 0 radical (unpaired) electrons. The molecule has 0 aromatic carbocycles. The Bertz CT molecular complexity index is 175. The number of halogens is 3.